The number of fused-ring (bicyclic) bond motifs is 1. The molecule has 4 rings (SSSR count). The second-order valence-corrected chi connectivity index (χ2v) is 13.8. The number of thiophene rings is 1. The van der Waals surface area contributed by atoms with Gasteiger partial charge in [0.05, 0.1) is 20.0 Å². The Morgan fingerprint density at radius 3 is 2.46 bits per heavy atom. The summed E-state index contributed by atoms with van der Waals surface area (Å²) in [4.78, 5) is 16.1. The maximum atomic E-state index is 14.6. The number of carbonyl (C=O) groups is 1. The number of allylic oxidation sites excluding steroid dienone is 4. The van der Waals surface area contributed by atoms with Crippen LogP contribution in [0.25, 0.3) is 15.7 Å². The lowest BCUT2D eigenvalue weighted by atomic mass is 9.89. The van der Waals surface area contributed by atoms with Crippen LogP contribution in [0.5, 0.6) is 0 Å². The van der Waals surface area contributed by atoms with Gasteiger partial charge in [0.1, 0.15) is 16.5 Å². The molecule has 5 nitrogen and oxygen atoms in total. The van der Waals surface area contributed by atoms with Crippen LogP contribution in [-0.2, 0) is 9.84 Å². The van der Waals surface area contributed by atoms with Crippen LogP contribution in [0.1, 0.15) is 47.8 Å². The lowest BCUT2D eigenvalue weighted by Crippen LogP contribution is -2.45. The predicted molar refractivity (Wildman–Crippen MR) is 164 cm³/mol. The van der Waals surface area contributed by atoms with Crippen molar-refractivity contribution in [1.29, 1.82) is 0 Å². The number of benzene rings is 2. The van der Waals surface area contributed by atoms with E-state index in [1.165, 1.54) is 0 Å². The zero-order valence-corrected chi connectivity index (χ0v) is 25.6. The molecule has 10 heteroatoms. The van der Waals surface area contributed by atoms with Gasteiger partial charge in [0.15, 0.2) is 9.84 Å². The zero-order chi connectivity index (χ0) is 29.9. The van der Waals surface area contributed by atoms with Crippen molar-refractivity contribution >= 4 is 54.3 Å². The third-order valence-electron chi connectivity index (χ3n) is 7.40. The SMILES string of the molecule is C=C/C=C(\C=C(/C)CN(C(=O)c1sc2c(F)ccc(F)c2c1Cl)[C@H]1CC[C@H](NC)CC1)c1cccc(S(C)(=O)=O)c1. The molecular formula is C31H33ClF2N2O3S2. The summed E-state index contributed by atoms with van der Waals surface area (Å²) < 4.78 is 53.4. The molecule has 1 amide bonds. The number of carbonyl (C=O) groups excluding carboxylic acids is 1. The summed E-state index contributed by atoms with van der Waals surface area (Å²) in [5.41, 5.74) is 2.26. The number of hydrogen-bond acceptors (Lipinski definition) is 5. The molecule has 1 saturated carbocycles. The van der Waals surface area contributed by atoms with Crippen LogP contribution >= 0.6 is 22.9 Å². The third kappa shape index (κ3) is 6.97. The number of nitrogens with one attached hydrogen (secondary N) is 1. The standard InChI is InChI=1S/C31H33ClF2N2O3S2/c1-5-7-20(21-8-6-9-24(17-21)41(4,38)39)16-19(2)18-36(23-12-10-22(35-3)11-13-23)31(37)30-28(32)27-25(33)14-15-26(34)29(27)40-30/h5-9,14-17,22-23,35H,1,10-13,18H2,2-4H3/b19-16+,20-7+/t22-,23-. The Balaban J connectivity index is 1.72. The van der Waals surface area contributed by atoms with E-state index in [-0.39, 0.29) is 43.4 Å². The molecule has 3 aromatic rings. The molecule has 1 aromatic heterocycles. The fraction of sp³-hybridized carbons (Fsp3) is 0.323. The summed E-state index contributed by atoms with van der Waals surface area (Å²) in [6, 6.07) is 8.97. The van der Waals surface area contributed by atoms with Crippen molar-refractivity contribution in [3.63, 3.8) is 0 Å². The number of nitrogens with zero attached hydrogens (tertiary/aromatic N) is 1. The van der Waals surface area contributed by atoms with E-state index in [0.717, 1.165) is 66.6 Å². The molecule has 1 aliphatic rings. The summed E-state index contributed by atoms with van der Waals surface area (Å²) in [7, 11) is -1.48. The van der Waals surface area contributed by atoms with Gasteiger partial charge < -0.3 is 10.2 Å². The molecule has 0 bridgehead atoms. The molecule has 1 N–H and O–H groups in total. The number of halogens is 3. The van der Waals surface area contributed by atoms with E-state index in [2.05, 4.69) is 11.9 Å². The normalized spacial score (nSPS) is 18.5. The Bertz CT molecular complexity index is 1640. The van der Waals surface area contributed by atoms with E-state index in [0.29, 0.717) is 11.6 Å². The maximum absolute atomic E-state index is 14.6. The van der Waals surface area contributed by atoms with E-state index in [9.17, 15) is 22.0 Å². The first-order valence-electron chi connectivity index (χ1n) is 13.3. The van der Waals surface area contributed by atoms with Gasteiger partial charge in [-0.05, 0) is 75.1 Å². The van der Waals surface area contributed by atoms with Crippen LogP contribution < -0.4 is 5.32 Å². The summed E-state index contributed by atoms with van der Waals surface area (Å²) in [6.07, 6.45) is 9.76. The minimum Gasteiger partial charge on any atom is -0.331 e. The smallest absolute Gasteiger partial charge is 0.266 e. The molecule has 0 saturated heterocycles. The molecule has 0 spiro atoms. The Kier molecular flexibility index (Phi) is 9.85. The fourth-order valence-electron chi connectivity index (χ4n) is 5.25. The average Bonchev–Trinajstić information content (AvgIpc) is 3.31. The zero-order valence-electron chi connectivity index (χ0n) is 23.2. The quantitative estimate of drug-likeness (QED) is 0.253. The van der Waals surface area contributed by atoms with Crippen LogP contribution in [0.15, 0.2) is 71.7 Å². The largest absolute Gasteiger partial charge is 0.331 e. The summed E-state index contributed by atoms with van der Waals surface area (Å²) >= 11 is 7.38. The van der Waals surface area contributed by atoms with Gasteiger partial charge in [-0.15, -0.1) is 11.3 Å². The molecular weight excluding hydrogens is 586 g/mol. The Morgan fingerprint density at radius 2 is 1.85 bits per heavy atom. The van der Waals surface area contributed by atoms with Crippen LogP contribution in [0.3, 0.4) is 0 Å². The van der Waals surface area contributed by atoms with Crippen molar-refractivity contribution in [1.82, 2.24) is 10.2 Å². The van der Waals surface area contributed by atoms with Crippen LogP contribution in [0.4, 0.5) is 8.78 Å². The second-order valence-electron chi connectivity index (χ2n) is 10.4. The molecule has 41 heavy (non-hydrogen) atoms. The second kappa shape index (κ2) is 13.0. The highest BCUT2D eigenvalue weighted by Gasteiger charge is 2.32. The van der Waals surface area contributed by atoms with E-state index in [4.69, 9.17) is 11.6 Å². The van der Waals surface area contributed by atoms with Gasteiger partial charge in [-0.25, -0.2) is 17.2 Å². The van der Waals surface area contributed by atoms with Gasteiger partial charge in [-0.2, -0.15) is 0 Å². The summed E-state index contributed by atoms with van der Waals surface area (Å²) in [5, 5.41) is 3.15. The molecule has 1 fully saturated rings. The van der Waals surface area contributed by atoms with Crippen molar-refractivity contribution in [3.8, 4) is 0 Å². The molecule has 0 unspecified atom stereocenters. The summed E-state index contributed by atoms with van der Waals surface area (Å²) in [6.45, 7) is 5.94. The number of hydrogen-bond donors (Lipinski definition) is 1. The number of amides is 1. The number of sulfone groups is 1. The van der Waals surface area contributed by atoms with E-state index >= 15 is 0 Å². The van der Waals surface area contributed by atoms with Crippen molar-refractivity contribution in [2.24, 2.45) is 0 Å². The first-order chi connectivity index (χ1) is 19.4. The maximum Gasteiger partial charge on any atom is 0.266 e. The molecule has 0 atom stereocenters. The third-order valence-corrected chi connectivity index (χ3v) is 10.2. The predicted octanol–water partition coefficient (Wildman–Crippen LogP) is 7.43. The minimum absolute atomic E-state index is 0.0198. The van der Waals surface area contributed by atoms with Crippen LogP contribution in [0.2, 0.25) is 5.02 Å². The molecule has 1 aliphatic carbocycles. The van der Waals surface area contributed by atoms with Crippen molar-refractivity contribution in [2.45, 2.75) is 49.6 Å². The van der Waals surface area contributed by atoms with E-state index in [1.807, 2.05) is 26.1 Å². The van der Waals surface area contributed by atoms with Gasteiger partial charge in [-0.3, -0.25) is 4.79 Å². The highest BCUT2D eigenvalue weighted by atomic mass is 35.5. The van der Waals surface area contributed by atoms with Gasteiger partial charge in [0, 0.05) is 24.9 Å². The van der Waals surface area contributed by atoms with Gasteiger partial charge >= 0.3 is 0 Å². The average molecular weight is 619 g/mol. The minimum atomic E-state index is -3.40. The number of rotatable bonds is 9. The Hall–Kier alpha value is -2.85. The molecule has 0 radical (unpaired) electrons. The first-order valence-corrected chi connectivity index (χ1v) is 16.4. The Morgan fingerprint density at radius 1 is 1.17 bits per heavy atom. The van der Waals surface area contributed by atoms with Gasteiger partial charge in [0.2, 0.25) is 0 Å². The molecule has 1 heterocycles. The van der Waals surface area contributed by atoms with Gasteiger partial charge in [0.25, 0.3) is 5.91 Å². The fourth-order valence-corrected chi connectivity index (χ4v) is 7.42. The highest BCUT2D eigenvalue weighted by molar-refractivity contribution is 7.90. The molecule has 218 valence electrons. The first kappa shape index (κ1) is 31.1. The van der Waals surface area contributed by atoms with Crippen LogP contribution in [0, 0.1) is 11.6 Å². The molecule has 2 aromatic carbocycles. The van der Waals surface area contributed by atoms with Crippen LogP contribution in [-0.4, -0.2) is 51.2 Å². The monoisotopic (exact) mass is 618 g/mol. The van der Waals surface area contributed by atoms with E-state index in [1.54, 1.807) is 35.3 Å². The topological polar surface area (TPSA) is 66.5 Å². The van der Waals surface area contributed by atoms with Crippen molar-refractivity contribution in [3.05, 3.63) is 93.9 Å². The summed E-state index contributed by atoms with van der Waals surface area (Å²) in [5.74, 6) is -1.67. The highest BCUT2D eigenvalue weighted by Crippen LogP contribution is 2.40. The van der Waals surface area contributed by atoms with Crippen molar-refractivity contribution < 1.29 is 22.0 Å². The lowest BCUT2D eigenvalue weighted by molar-refractivity contribution is 0.0650. The van der Waals surface area contributed by atoms with Crippen molar-refractivity contribution in [2.75, 3.05) is 19.8 Å². The van der Waals surface area contributed by atoms with E-state index < -0.39 is 21.5 Å². The Labute approximate surface area is 249 Å². The lowest BCUT2D eigenvalue weighted by Gasteiger charge is -2.37. The van der Waals surface area contributed by atoms with Gasteiger partial charge in [-0.1, -0.05) is 54.1 Å². The molecule has 0 aliphatic heterocycles.